The number of benzene rings is 2. The molecule has 0 saturated carbocycles. The summed E-state index contributed by atoms with van der Waals surface area (Å²) in [7, 11) is 0. The lowest BCUT2D eigenvalue weighted by molar-refractivity contribution is -0.129. The van der Waals surface area contributed by atoms with Gasteiger partial charge in [-0.1, -0.05) is 59.8 Å². The molecule has 0 bridgehead atoms. The van der Waals surface area contributed by atoms with Gasteiger partial charge in [-0.15, -0.1) is 0 Å². The molecule has 2 aromatic carbocycles. The molecule has 148 valence electrons. The number of carboxylic acid groups (broad SMARTS) is 1. The molecule has 7 heteroatoms. The van der Waals surface area contributed by atoms with E-state index in [2.05, 4.69) is 10.5 Å². The monoisotopic (exact) mass is 384 g/mol. The molecule has 28 heavy (non-hydrogen) atoms. The highest BCUT2D eigenvalue weighted by Gasteiger charge is 2.16. The Labute approximate surface area is 164 Å². The molecule has 2 aromatic rings. The average Bonchev–Trinajstić information content (AvgIpc) is 2.63. The van der Waals surface area contributed by atoms with Crippen molar-refractivity contribution in [2.24, 2.45) is 5.16 Å². The van der Waals surface area contributed by atoms with Crippen LogP contribution in [0, 0.1) is 0 Å². The van der Waals surface area contributed by atoms with Crippen molar-refractivity contribution in [3.8, 4) is 0 Å². The van der Waals surface area contributed by atoms with Crippen LogP contribution < -0.4 is 5.32 Å². The van der Waals surface area contributed by atoms with Crippen LogP contribution in [-0.4, -0.2) is 28.5 Å². The maximum Gasteiger partial charge on any atom is 0.407 e. The predicted molar refractivity (Wildman–Crippen MR) is 105 cm³/mol. The number of carbonyl (C=O) groups is 2. The van der Waals surface area contributed by atoms with Crippen LogP contribution in [-0.2, 0) is 27.5 Å². The van der Waals surface area contributed by atoms with Crippen LogP contribution in [0.2, 0.25) is 0 Å². The highest BCUT2D eigenvalue weighted by atomic mass is 16.6. The molecule has 0 atom stereocenters. The third-order valence-corrected chi connectivity index (χ3v) is 3.50. The zero-order valence-corrected chi connectivity index (χ0v) is 16.1. The van der Waals surface area contributed by atoms with E-state index in [9.17, 15) is 14.7 Å². The molecule has 0 aliphatic heterocycles. The van der Waals surface area contributed by atoms with Gasteiger partial charge < -0.3 is 20.0 Å². The van der Waals surface area contributed by atoms with Gasteiger partial charge >= 0.3 is 12.1 Å². The molecule has 2 rings (SSSR count). The Balaban J connectivity index is 1.97. The number of oxime groups is 1. The van der Waals surface area contributed by atoms with E-state index in [-0.39, 0.29) is 18.9 Å². The Bertz CT molecular complexity index is 824. The van der Waals surface area contributed by atoms with Crippen molar-refractivity contribution >= 4 is 17.8 Å². The number of carboxylic acids is 1. The summed E-state index contributed by atoms with van der Waals surface area (Å²) in [6.07, 6.45) is -0.515. The van der Waals surface area contributed by atoms with E-state index >= 15 is 0 Å². The third-order valence-electron chi connectivity index (χ3n) is 3.50. The number of nitrogens with zero attached hydrogens (tertiary/aromatic N) is 1. The van der Waals surface area contributed by atoms with Crippen LogP contribution in [0.25, 0.3) is 0 Å². The summed E-state index contributed by atoms with van der Waals surface area (Å²) < 4.78 is 5.17. The molecule has 0 aliphatic carbocycles. The van der Waals surface area contributed by atoms with Gasteiger partial charge in [-0.3, -0.25) is 0 Å². The van der Waals surface area contributed by atoms with Gasteiger partial charge in [0.25, 0.3) is 0 Å². The summed E-state index contributed by atoms with van der Waals surface area (Å²) in [6, 6.07) is 16.0. The van der Waals surface area contributed by atoms with Gasteiger partial charge in [0.15, 0.2) is 5.71 Å². The van der Waals surface area contributed by atoms with Crippen LogP contribution in [0.1, 0.15) is 37.5 Å². The minimum Gasteiger partial charge on any atom is -0.476 e. The second kappa shape index (κ2) is 9.55. The number of nitrogens with one attached hydrogen (secondary N) is 1. The van der Waals surface area contributed by atoms with E-state index in [1.807, 2.05) is 30.3 Å². The van der Waals surface area contributed by atoms with E-state index in [4.69, 9.17) is 9.57 Å². The standard InChI is InChI=1S/C21H24N2O5/c1-21(2,3)28-20(26)22-13-15-9-11-17(12-10-15)18(19(24)25)23-27-14-16-7-5-4-6-8-16/h4-12H,13-14H2,1-3H3,(H,22,26)(H,24,25). The van der Waals surface area contributed by atoms with Crippen molar-refractivity contribution in [1.82, 2.24) is 5.32 Å². The van der Waals surface area contributed by atoms with Crippen molar-refractivity contribution in [2.45, 2.75) is 39.5 Å². The lowest BCUT2D eigenvalue weighted by Gasteiger charge is -2.19. The second-order valence-corrected chi connectivity index (χ2v) is 7.06. The Morgan fingerprint density at radius 2 is 1.64 bits per heavy atom. The number of hydrogen-bond donors (Lipinski definition) is 2. The summed E-state index contributed by atoms with van der Waals surface area (Å²) in [5.41, 5.74) is 1.33. The molecule has 0 unspecified atom stereocenters. The van der Waals surface area contributed by atoms with E-state index in [1.54, 1.807) is 45.0 Å². The number of carbonyl (C=O) groups excluding carboxylic acids is 1. The summed E-state index contributed by atoms with van der Waals surface area (Å²) >= 11 is 0. The van der Waals surface area contributed by atoms with Crippen molar-refractivity contribution in [3.63, 3.8) is 0 Å². The van der Waals surface area contributed by atoms with Crippen molar-refractivity contribution < 1.29 is 24.3 Å². The molecule has 0 heterocycles. The van der Waals surface area contributed by atoms with Gasteiger partial charge in [-0.25, -0.2) is 9.59 Å². The quantitative estimate of drug-likeness (QED) is 0.560. The zero-order chi connectivity index (χ0) is 20.6. The topological polar surface area (TPSA) is 97.2 Å². The number of ether oxygens (including phenoxy) is 1. The second-order valence-electron chi connectivity index (χ2n) is 7.06. The molecule has 0 spiro atoms. The highest BCUT2D eigenvalue weighted by Crippen LogP contribution is 2.10. The summed E-state index contributed by atoms with van der Waals surface area (Å²) in [5, 5.41) is 15.8. The van der Waals surface area contributed by atoms with Crippen LogP contribution in [0.15, 0.2) is 59.8 Å². The van der Waals surface area contributed by atoms with Gasteiger partial charge in [0.05, 0.1) is 0 Å². The van der Waals surface area contributed by atoms with Crippen LogP contribution in [0.5, 0.6) is 0 Å². The molecule has 0 aliphatic rings. The number of aliphatic carboxylic acids is 1. The first-order valence-electron chi connectivity index (χ1n) is 8.78. The fourth-order valence-corrected chi connectivity index (χ4v) is 2.23. The van der Waals surface area contributed by atoms with Crippen molar-refractivity contribution in [2.75, 3.05) is 0 Å². The lowest BCUT2D eigenvalue weighted by Crippen LogP contribution is -2.32. The summed E-state index contributed by atoms with van der Waals surface area (Å²) in [5.74, 6) is -1.19. The Kier molecular flexibility index (Phi) is 7.14. The molecule has 0 radical (unpaired) electrons. The first-order chi connectivity index (χ1) is 13.2. The average molecular weight is 384 g/mol. The number of rotatable bonds is 7. The number of amides is 1. The molecule has 7 nitrogen and oxygen atoms in total. The van der Waals surface area contributed by atoms with Gasteiger partial charge in [0.2, 0.25) is 0 Å². The van der Waals surface area contributed by atoms with E-state index < -0.39 is 17.7 Å². The predicted octanol–water partition coefficient (Wildman–Crippen LogP) is 3.72. The summed E-state index contributed by atoms with van der Waals surface area (Å²) in [4.78, 5) is 28.4. The minimum absolute atomic E-state index is 0.176. The maximum atomic E-state index is 11.7. The van der Waals surface area contributed by atoms with E-state index in [0.29, 0.717) is 5.56 Å². The Hall–Kier alpha value is -3.35. The first kappa shape index (κ1) is 21.0. The molecular weight excluding hydrogens is 360 g/mol. The largest absolute Gasteiger partial charge is 0.476 e. The number of alkyl carbamates (subject to hydrolysis) is 1. The summed E-state index contributed by atoms with van der Waals surface area (Å²) in [6.45, 7) is 5.80. The van der Waals surface area contributed by atoms with Gasteiger partial charge in [0, 0.05) is 12.1 Å². The van der Waals surface area contributed by atoms with Gasteiger partial charge in [-0.2, -0.15) is 0 Å². The Morgan fingerprint density at radius 1 is 1.00 bits per heavy atom. The smallest absolute Gasteiger partial charge is 0.407 e. The Morgan fingerprint density at radius 3 is 2.21 bits per heavy atom. The molecule has 0 fully saturated rings. The SMILES string of the molecule is CC(C)(C)OC(=O)NCc1ccc(C(=NOCc2ccccc2)C(=O)O)cc1. The molecule has 0 saturated heterocycles. The zero-order valence-electron chi connectivity index (χ0n) is 16.1. The molecular formula is C21H24N2O5. The highest BCUT2D eigenvalue weighted by molar-refractivity contribution is 6.42. The lowest BCUT2D eigenvalue weighted by atomic mass is 10.1. The fourth-order valence-electron chi connectivity index (χ4n) is 2.23. The number of hydrogen-bond acceptors (Lipinski definition) is 5. The van der Waals surface area contributed by atoms with Crippen LogP contribution in [0.3, 0.4) is 0 Å². The van der Waals surface area contributed by atoms with E-state index in [1.165, 1.54) is 0 Å². The minimum atomic E-state index is -1.19. The fraction of sp³-hybridized carbons (Fsp3) is 0.286. The normalized spacial score (nSPS) is 11.6. The van der Waals surface area contributed by atoms with Crippen molar-refractivity contribution in [3.05, 3.63) is 71.3 Å². The molecule has 2 N–H and O–H groups in total. The first-order valence-corrected chi connectivity index (χ1v) is 8.78. The van der Waals surface area contributed by atoms with Crippen molar-refractivity contribution in [1.29, 1.82) is 0 Å². The molecule has 1 amide bonds. The molecule has 0 aromatic heterocycles. The third kappa shape index (κ3) is 7.11. The van der Waals surface area contributed by atoms with Gasteiger partial charge in [0.1, 0.15) is 12.2 Å². The van der Waals surface area contributed by atoms with Crippen LogP contribution in [0.4, 0.5) is 4.79 Å². The van der Waals surface area contributed by atoms with E-state index in [0.717, 1.165) is 11.1 Å². The van der Waals surface area contributed by atoms with Crippen LogP contribution >= 0.6 is 0 Å². The maximum absolute atomic E-state index is 11.7. The van der Waals surface area contributed by atoms with Gasteiger partial charge in [-0.05, 0) is 31.9 Å².